The van der Waals surface area contributed by atoms with Crippen molar-refractivity contribution in [2.45, 2.75) is 49.0 Å². The fraction of sp³-hybridized carbons (Fsp3) is 0.533. The molecule has 7 heteroatoms. The maximum Gasteiger partial charge on any atom is 0.228 e. The van der Waals surface area contributed by atoms with Crippen molar-refractivity contribution in [1.29, 1.82) is 0 Å². The maximum atomic E-state index is 12.0. The van der Waals surface area contributed by atoms with Gasteiger partial charge < -0.3 is 10.6 Å². The van der Waals surface area contributed by atoms with Gasteiger partial charge in [0.15, 0.2) is 0 Å². The molecule has 22 heavy (non-hydrogen) atoms. The van der Waals surface area contributed by atoms with Gasteiger partial charge in [-0.05, 0) is 30.7 Å². The number of anilines is 1. The number of alkyl halides is 3. The van der Waals surface area contributed by atoms with Crippen LogP contribution in [0.25, 0.3) is 0 Å². The van der Waals surface area contributed by atoms with Crippen molar-refractivity contribution in [2.75, 3.05) is 5.32 Å². The average molecular weight is 431 g/mol. The Morgan fingerprint density at radius 3 is 2.36 bits per heavy atom. The van der Waals surface area contributed by atoms with Gasteiger partial charge in [0.25, 0.3) is 0 Å². The molecule has 124 valence electrons. The second-order valence-corrected chi connectivity index (χ2v) is 8.29. The number of amides is 1. The summed E-state index contributed by atoms with van der Waals surface area (Å²) in [7, 11) is 0. The number of halogens is 4. The summed E-state index contributed by atoms with van der Waals surface area (Å²) in [6, 6.07) is 7.40. The van der Waals surface area contributed by atoms with E-state index in [1.54, 1.807) is 0 Å². The van der Waals surface area contributed by atoms with Crippen molar-refractivity contribution in [3.8, 4) is 0 Å². The third-order valence-corrected chi connectivity index (χ3v) is 4.23. The van der Waals surface area contributed by atoms with E-state index in [4.69, 9.17) is 34.8 Å². The summed E-state index contributed by atoms with van der Waals surface area (Å²) in [6.07, 6.45) is 3.76. The number of carbonyl (C=O) groups is 1. The third-order valence-electron chi connectivity index (χ3n) is 3.05. The van der Waals surface area contributed by atoms with E-state index in [0.29, 0.717) is 6.42 Å². The Labute approximate surface area is 155 Å². The van der Waals surface area contributed by atoms with E-state index in [2.05, 4.69) is 33.5 Å². The highest BCUT2D eigenvalue weighted by atomic mass is 79.9. The SMILES string of the molecule is CCCCCCC(=O)N[C@@H](Nc1ccc(Br)cc1)C(Cl)(Cl)Cl. The van der Waals surface area contributed by atoms with Crippen LogP contribution in [0.15, 0.2) is 28.7 Å². The normalized spacial score (nSPS) is 12.8. The van der Waals surface area contributed by atoms with Crippen LogP contribution in [-0.4, -0.2) is 15.9 Å². The van der Waals surface area contributed by atoms with Gasteiger partial charge in [0.1, 0.15) is 6.17 Å². The minimum absolute atomic E-state index is 0.128. The minimum Gasteiger partial charge on any atom is -0.362 e. The fourth-order valence-electron chi connectivity index (χ4n) is 1.86. The average Bonchev–Trinajstić information content (AvgIpc) is 2.44. The first-order valence-electron chi connectivity index (χ1n) is 7.21. The number of nitrogens with one attached hydrogen (secondary N) is 2. The van der Waals surface area contributed by atoms with Crippen LogP contribution in [0.4, 0.5) is 5.69 Å². The van der Waals surface area contributed by atoms with Gasteiger partial charge in [0, 0.05) is 16.6 Å². The van der Waals surface area contributed by atoms with Gasteiger partial charge in [-0.1, -0.05) is 76.9 Å². The van der Waals surface area contributed by atoms with Crippen LogP contribution < -0.4 is 10.6 Å². The topological polar surface area (TPSA) is 41.1 Å². The van der Waals surface area contributed by atoms with Crippen LogP contribution in [0.5, 0.6) is 0 Å². The molecule has 1 atom stereocenters. The quantitative estimate of drug-likeness (QED) is 0.318. The molecule has 0 aliphatic carbocycles. The molecule has 0 unspecified atom stereocenters. The Morgan fingerprint density at radius 2 is 1.82 bits per heavy atom. The number of hydrogen-bond acceptors (Lipinski definition) is 2. The van der Waals surface area contributed by atoms with Crippen molar-refractivity contribution in [1.82, 2.24) is 5.32 Å². The monoisotopic (exact) mass is 428 g/mol. The Balaban J connectivity index is 2.57. The predicted octanol–water partition coefficient (Wildman–Crippen LogP) is 5.64. The smallest absolute Gasteiger partial charge is 0.228 e. The zero-order valence-corrected chi connectivity index (χ0v) is 16.2. The predicted molar refractivity (Wildman–Crippen MR) is 98.7 cm³/mol. The molecule has 0 aromatic heterocycles. The molecule has 0 heterocycles. The molecule has 1 aromatic carbocycles. The Kier molecular flexibility index (Phi) is 8.91. The molecule has 0 bridgehead atoms. The van der Waals surface area contributed by atoms with Crippen LogP contribution >= 0.6 is 50.7 Å². The molecular weight excluding hydrogens is 410 g/mol. The largest absolute Gasteiger partial charge is 0.362 e. The zero-order chi connectivity index (χ0) is 16.6. The second kappa shape index (κ2) is 9.86. The molecule has 1 aromatic rings. The standard InChI is InChI=1S/C15H20BrCl3N2O/c1-2-3-4-5-6-13(22)21-14(15(17,18)19)20-12-9-7-11(16)8-10-12/h7-10,14,20H,2-6H2,1H3,(H,21,22)/t14-/m1/s1. The molecule has 0 spiro atoms. The summed E-state index contributed by atoms with van der Waals surface area (Å²) in [6.45, 7) is 2.13. The maximum absolute atomic E-state index is 12.0. The molecule has 0 aliphatic rings. The molecule has 0 saturated carbocycles. The van der Waals surface area contributed by atoms with Crippen LogP contribution in [0, 0.1) is 0 Å². The van der Waals surface area contributed by atoms with Gasteiger partial charge in [0.2, 0.25) is 9.70 Å². The molecule has 1 amide bonds. The first-order chi connectivity index (χ1) is 10.3. The number of unbranched alkanes of at least 4 members (excludes halogenated alkanes) is 3. The summed E-state index contributed by atoms with van der Waals surface area (Å²) in [5, 5.41) is 5.77. The summed E-state index contributed by atoms with van der Waals surface area (Å²) >= 11 is 21.2. The number of rotatable bonds is 8. The zero-order valence-electron chi connectivity index (χ0n) is 12.3. The van der Waals surface area contributed by atoms with Crippen LogP contribution in [-0.2, 0) is 4.79 Å². The molecule has 0 saturated heterocycles. The van der Waals surface area contributed by atoms with E-state index in [-0.39, 0.29) is 5.91 Å². The third kappa shape index (κ3) is 7.91. The van der Waals surface area contributed by atoms with Crippen molar-refractivity contribution >= 4 is 62.3 Å². The van der Waals surface area contributed by atoms with Gasteiger partial charge >= 0.3 is 0 Å². The molecule has 0 aliphatic heterocycles. The van der Waals surface area contributed by atoms with E-state index in [9.17, 15) is 4.79 Å². The van der Waals surface area contributed by atoms with Gasteiger partial charge in [0.05, 0.1) is 0 Å². The summed E-state index contributed by atoms with van der Waals surface area (Å²) in [5.74, 6) is -0.128. The minimum atomic E-state index is -1.65. The van der Waals surface area contributed by atoms with Gasteiger partial charge in [-0.25, -0.2) is 0 Å². The van der Waals surface area contributed by atoms with Gasteiger partial charge in [-0.2, -0.15) is 0 Å². The highest BCUT2D eigenvalue weighted by molar-refractivity contribution is 9.10. The Hall–Kier alpha value is -0.160. The molecular formula is C15H20BrCl3N2O. The molecule has 2 N–H and O–H groups in total. The number of benzene rings is 1. The van der Waals surface area contributed by atoms with Gasteiger partial charge in [-0.15, -0.1) is 0 Å². The second-order valence-electron chi connectivity index (χ2n) is 5.00. The number of carbonyl (C=O) groups excluding carboxylic acids is 1. The molecule has 3 nitrogen and oxygen atoms in total. The van der Waals surface area contributed by atoms with E-state index in [1.165, 1.54) is 0 Å². The van der Waals surface area contributed by atoms with Crippen LogP contribution in [0.2, 0.25) is 0 Å². The van der Waals surface area contributed by atoms with Crippen LogP contribution in [0.3, 0.4) is 0 Å². The van der Waals surface area contributed by atoms with Gasteiger partial charge in [-0.3, -0.25) is 4.79 Å². The lowest BCUT2D eigenvalue weighted by Gasteiger charge is -2.27. The van der Waals surface area contributed by atoms with E-state index >= 15 is 0 Å². The lowest BCUT2D eigenvalue weighted by Crippen LogP contribution is -2.49. The Bertz CT molecular complexity index is 463. The first kappa shape index (κ1) is 19.9. The fourth-order valence-corrected chi connectivity index (χ4v) is 2.45. The summed E-state index contributed by atoms with van der Waals surface area (Å²) < 4.78 is -0.699. The highest BCUT2D eigenvalue weighted by Gasteiger charge is 2.33. The number of hydrogen-bond donors (Lipinski definition) is 2. The first-order valence-corrected chi connectivity index (χ1v) is 9.13. The van der Waals surface area contributed by atoms with E-state index in [0.717, 1.165) is 35.8 Å². The molecule has 0 radical (unpaired) electrons. The molecule has 1 rings (SSSR count). The summed E-state index contributed by atoms with van der Waals surface area (Å²) in [4.78, 5) is 12.0. The lowest BCUT2D eigenvalue weighted by atomic mass is 10.1. The summed E-state index contributed by atoms with van der Waals surface area (Å²) in [5.41, 5.74) is 0.755. The lowest BCUT2D eigenvalue weighted by molar-refractivity contribution is -0.121. The van der Waals surface area contributed by atoms with E-state index in [1.807, 2.05) is 24.3 Å². The van der Waals surface area contributed by atoms with Crippen LogP contribution in [0.1, 0.15) is 39.0 Å². The molecule has 0 fully saturated rings. The van der Waals surface area contributed by atoms with E-state index < -0.39 is 9.96 Å². The van der Waals surface area contributed by atoms with Crippen molar-refractivity contribution in [3.05, 3.63) is 28.7 Å². The highest BCUT2D eigenvalue weighted by Crippen LogP contribution is 2.31. The Morgan fingerprint density at radius 1 is 1.18 bits per heavy atom. The van der Waals surface area contributed by atoms with Crippen molar-refractivity contribution in [3.63, 3.8) is 0 Å². The van der Waals surface area contributed by atoms with Crippen molar-refractivity contribution < 1.29 is 4.79 Å². The van der Waals surface area contributed by atoms with Crippen molar-refractivity contribution in [2.24, 2.45) is 0 Å².